The number of carboxylic acid groups (broad SMARTS) is 1. The Labute approximate surface area is 152 Å². The van der Waals surface area contributed by atoms with Gasteiger partial charge >= 0.3 is 12.1 Å². The van der Waals surface area contributed by atoms with E-state index in [1.54, 1.807) is 24.3 Å². The van der Waals surface area contributed by atoms with Gasteiger partial charge in [-0.2, -0.15) is 18.3 Å². The van der Waals surface area contributed by atoms with Crippen LogP contribution in [0.15, 0.2) is 36.5 Å². The fraction of sp³-hybridized carbons (Fsp3) is 0.353. The molecule has 0 saturated carbocycles. The zero-order chi connectivity index (χ0) is 20.2. The molecule has 2 rings (SSSR count). The highest BCUT2D eigenvalue weighted by atomic mass is 19.4. The highest BCUT2D eigenvalue weighted by molar-refractivity contribution is 5.78. The molecule has 2 aromatic rings. The topological polar surface area (TPSA) is 93.5 Å². The molecule has 1 aromatic heterocycles. The van der Waals surface area contributed by atoms with E-state index in [0.29, 0.717) is 11.3 Å². The Morgan fingerprint density at radius 1 is 1.30 bits per heavy atom. The van der Waals surface area contributed by atoms with Crippen molar-refractivity contribution in [1.29, 1.82) is 0 Å². The van der Waals surface area contributed by atoms with Gasteiger partial charge in [0.15, 0.2) is 5.69 Å². The molecule has 1 unspecified atom stereocenters. The summed E-state index contributed by atoms with van der Waals surface area (Å²) < 4.78 is 43.7. The molecule has 0 aliphatic rings. The maximum atomic E-state index is 12.6. The van der Waals surface area contributed by atoms with Gasteiger partial charge in [-0.1, -0.05) is 12.1 Å². The van der Waals surface area contributed by atoms with Gasteiger partial charge in [0.2, 0.25) is 5.91 Å². The third kappa shape index (κ3) is 5.22. The predicted octanol–water partition coefficient (Wildman–Crippen LogP) is 2.42. The Bertz CT molecular complexity index is 835. The number of alkyl halides is 3. The van der Waals surface area contributed by atoms with Crippen molar-refractivity contribution in [2.45, 2.75) is 31.6 Å². The number of nitrogens with one attached hydrogen (secondary N) is 1. The first kappa shape index (κ1) is 20.3. The van der Waals surface area contributed by atoms with E-state index in [2.05, 4.69) is 10.4 Å². The Morgan fingerprint density at radius 3 is 2.56 bits per heavy atom. The van der Waals surface area contributed by atoms with E-state index in [4.69, 9.17) is 4.74 Å². The van der Waals surface area contributed by atoms with E-state index in [0.717, 1.165) is 16.9 Å². The first-order chi connectivity index (χ1) is 12.5. The van der Waals surface area contributed by atoms with Crippen LogP contribution in [0.2, 0.25) is 0 Å². The van der Waals surface area contributed by atoms with Gasteiger partial charge in [-0.05, 0) is 30.7 Å². The van der Waals surface area contributed by atoms with Crippen molar-refractivity contribution in [1.82, 2.24) is 15.1 Å². The molecule has 146 valence electrons. The van der Waals surface area contributed by atoms with Crippen LogP contribution in [0, 0.1) is 0 Å². The number of ether oxygens (including phenoxy) is 1. The summed E-state index contributed by atoms with van der Waals surface area (Å²) >= 11 is 0. The summed E-state index contributed by atoms with van der Waals surface area (Å²) in [5.74, 6) is -1.36. The van der Waals surface area contributed by atoms with Crippen molar-refractivity contribution in [3.8, 4) is 5.75 Å². The van der Waals surface area contributed by atoms with Crippen LogP contribution in [0.4, 0.5) is 13.2 Å². The van der Waals surface area contributed by atoms with Gasteiger partial charge in [-0.3, -0.25) is 14.3 Å². The van der Waals surface area contributed by atoms with E-state index in [1.807, 2.05) is 0 Å². The lowest BCUT2D eigenvalue weighted by molar-refractivity contribution is -0.142. The standard InChI is InChI=1S/C17H18F3N3O4/c1-16(9-15(25)26,11-4-3-5-12(8-11)27-2)21-14(24)10-23-7-6-13(22-23)17(18,19)20/h3-8H,9-10H2,1-2H3,(H,21,24)(H,25,26). The lowest BCUT2D eigenvalue weighted by Crippen LogP contribution is -2.46. The van der Waals surface area contributed by atoms with Gasteiger partial charge in [-0.25, -0.2) is 0 Å². The van der Waals surface area contributed by atoms with Crippen LogP contribution in [-0.2, 0) is 27.8 Å². The zero-order valence-corrected chi connectivity index (χ0v) is 14.6. The molecule has 27 heavy (non-hydrogen) atoms. The minimum Gasteiger partial charge on any atom is -0.497 e. The number of aromatic nitrogens is 2. The molecule has 0 radical (unpaired) electrons. The second kappa shape index (κ2) is 7.68. The molecule has 1 atom stereocenters. The monoisotopic (exact) mass is 385 g/mol. The quantitative estimate of drug-likeness (QED) is 0.764. The molecular formula is C17H18F3N3O4. The van der Waals surface area contributed by atoms with Crippen molar-refractivity contribution in [3.63, 3.8) is 0 Å². The average Bonchev–Trinajstić information content (AvgIpc) is 3.02. The van der Waals surface area contributed by atoms with Crippen molar-refractivity contribution in [2.24, 2.45) is 0 Å². The van der Waals surface area contributed by atoms with Gasteiger partial charge in [-0.15, -0.1) is 0 Å². The Hall–Kier alpha value is -3.04. The minimum atomic E-state index is -4.61. The summed E-state index contributed by atoms with van der Waals surface area (Å²) in [7, 11) is 1.45. The molecule has 0 aliphatic heterocycles. The first-order valence-electron chi connectivity index (χ1n) is 7.81. The zero-order valence-electron chi connectivity index (χ0n) is 14.6. The highest BCUT2D eigenvalue weighted by Gasteiger charge is 2.34. The third-order valence-corrected chi connectivity index (χ3v) is 3.86. The van der Waals surface area contributed by atoms with E-state index in [9.17, 15) is 27.9 Å². The van der Waals surface area contributed by atoms with E-state index in [-0.39, 0.29) is 0 Å². The fourth-order valence-corrected chi connectivity index (χ4v) is 2.58. The lowest BCUT2D eigenvalue weighted by Gasteiger charge is -2.30. The van der Waals surface area contributed by atoms with Crippen molar-refractivity contribution >= 4 is 11.9 Å². The van der Waals surface area contributed by atoms with Crippen LogP contribution in [0.1, 0.15) is 24.6 Å². The van der Waals surface area contributed by atoms with Crippen molar-refractivity contribution < 1.29 is 32.6 Å². The molecule has 0 spiro atoms. The maximum absolute atomic E-state index is 12.6. The molecule has 0 saturated heterocycles. The number of hydrogen-bond donors (Lipinski definition) is 2. The average molecular weight is 385 g/mol. The SMILES string of the molecule is COc1cccc(C(C)(CC(=O)O)NC(=O)Cn2ccc(C(F)(F)F)n2)c1. The number of methoxy groups -OCH3 is 1. The molecule has 0 fully saturated rings. The number of nitrogens with zero attached hydrogens (tertiary/aromatic N) is 2. The largest absolute Gasteiger partial charge is 0.497 e. The summed E-state index contributed by atoms with van der Waals surface area (Å²) in [5.41, 5.74) is -1.93. The summed E-state index contributed by atoms with van der Waals surface area (Å²) in [6, 6.07) is 7.27. The Kier molecular flexibility index (Phi) is 5.77. The fourth-order valence-electron chi connectivity index (χ4n) is 2.58. The van der Waals surface area contributed by atoms with Gasteiger partial charge in [0.25, 0.3) is 0 Å². The third-order valence-electron chi connectivity index (χ3n) is 3.86. The minimum absolute atomic E-state index is 0.432. The van der Waals surface area contributed by atoms with Gasteiger partial charge in [0, 0.05) is 6.20 Å². The van der Waals surface area contributed by atoms with E-state index in [1.165, 1.54) is 14.0 Å². The van der Waals surface area contributed by atoms with Crippen LogP contribution in [0.5, 0.6) is 5.75 Å². The molecule has 0 bridgehead atoms. The van der Waals surface area contributed by atoms with Crippen LogP contribution < -0.4 is 10.1 Å². The molecule has 0 aliphatic carbocycles. The summed E-state index contributed by atoms with van der Waals surface area (Å²) in [6.07, 6.45) is -4.01. The molecule has 1 heterocycles. The smallest absolute Gasteiger partial charge is 0.435 e. The second-order valence-electron chi connectivity index (χ2n) is 6.08. The molecule has 1 aromatic carbocycles. The Morgan fingerprint density at radius 2 is 2.00 bits per heavy atom. The maximum Gasteiger partial charge on any atom is 0.435 e. The number of amides is 1. The number of aliphatic carboxylic acids is 1. The normalized spacial score (nSPS) is 13.7. The number of carboxylic acids is 1. The van der Waals surface area contributed by atoms with Crippen LogP contribution in [-0.4, -0.2) is 33.9 Å². The van der Waals surface area contributed by atoms with Gasteiger partial charge in [0.05, 0.1) is 19.1 Å². The van der Waals surface area contributed by atoms with Crippen LogP contribution in [0.25, 0.3) is 0 Å². The van der Waals surface area contributed by atoms with Gasteiger partial charge < -0.3 is 15.2 Å². The molecular weight excluding hydrogens is 367 g/mol. The summed E-state index contributed by atoms with van der Waals surface area (Å²) in [6.45, 7) is 1.02. The number of carbonyl (C=O) groups excluding carboxylic acids is 1. The molecule has 2 N–H and O–H groups in total. The van der Waals surface area contributed by atoms with Crippen LogP contribution in [0.3, 0.4) is 0 Å². The van der Waals surface area contributed by atoms with Gasteiger partial charge in [0.1, 0.15) is 12.3 Å². The van der Waals surface area contributed by atoms with Crippen LogP contribution >= 0.6 is 0 Å². The van der Waals surface area contributed by atoms with E-state index < -0.39 is 42.3 Å². The molecule has 10 heteroatoms. The summed E-state index contributed by atoms with van der Waals surface area (Å²) in [4.78, 5) is 23.6. The molecule has 1 amide bonds. The number of halogens is 3. The number of rotatable bonds is 7. The lowest BCUT2D eigenvalue weighted by atomic mass is 9.88. The molecule has 7 nitrogen and oxygen atoms in total. The Balaban J connectivity index is 2.21. The first-order valence-corrected chi connectivity index (χ1v) is 7.81. The van der Waals surface area contributed by atoms with E-state index >= 15 is 0 Å². The number of carbonyl (C=O) groups is 2. The second-order valence-corrected chi connectivity index (χ2v) is 6.08. The number of hydrogen-bond acceptors (Lipinski definition) is 4. The summed E-state index contributed by atoms with van der Waals surface area (Å²) in [5, 5.41) is 15.1. The number of benzene rings is 1. The highest BCUT2D eigenvalue weighted by Crippen LogP contribution is 2.29. The van der Waals surface area contributed by atoms with Crippen molar-refractivity contribution in [3.05, 3.63) is 47.8 Å². The van der Waals surface area contributed by atoms with Crippen molar-refractivity contribution in [2.75, 3.05) is 7.11 Å². The predicted molar refractivity (Wildman–Crippen MR) is 88.0 cm³/mol.